The molecule has 2 rings (SSSR count). The van der Waals surface area contributed by atoms with Gasteiger partial charge < -0.3 is 5.11 Å². The van der Waals surface area contributed by atoms with Crippen LogP contribution < -0.4 is 0 Å². The molecule has 0 radical (unpaired) electrons. The largest absolute Gasteiger partial charge is 0.394 e. The average molecular weight is 217 g/mol. The van der Waals surface area contributed by atoms with Crippen LogP contribution in [0.2, 0.25) is 0 Å². The first-order chi connectivity index (χ1) is 7.81. The van der Waals surface area contributed by atoms with Gasteiger partial charge >= 0.3 is 0 Å². The van der Waals surface area contributed by atoms with Crippen LogP contribution in [0.4, 0.5) is 0 Å². The van der Waals surface area contributed by atoms with E-state index in [2.05, 4.69) is 10.3 Å². The Morgan fingerprint density at radius 3 is 2.75 bits per heavy atom. The summed E-state index contributed by atoms with van der Waals surface area (Å²) in [6.45, 7) is 0.317. The number of aliphatic hydroxyl groups is 1. The summed E-state index contributed by atoms with van der Waals surface area (Å²) >= 11 is 0. The quantitative estimate of drug-likeness (QED) is 0.757. The van der Waals surface area contributed by atoms with Crippen molar-refractivity contribution in [1.82, 2.24) is 15.0 Å². The van der Waals surface area contributed by atoms with E-state index >= 15 is 0 Å². The van der Waals surface area contributed by atoms with Crippen molar-refractivity contribution in [3.05, 3.63) is 47.8 Å². The SMILES string of the molecule is O=C(c1ccccc1)c1cn(CCO)nn1. The van der Waals surface area contributed by atoms with Crippen molar-refractivity contribution < 1.29 is 9.90 Å². The fourth-order valence-electron chi connectivity index (χ4n) is 1.35. The van der Waals surface area contributed by atoms with E-state index < -0.39 is 0 Å². The molecule has 0 bridgehead atoms. The second-order valence-corrected chi connectivity index (χ2v) is 3.29. The van der Waals surface area contributed by atoms with Gasteiger partial charge in [0.15, 0.2) is 5.69 Å². The average Bonchev–Trinajstić information content (AvgIpc) is 2.78. The highest BCUT2D eigenvalue weighted by Gasteiger charge is 2.12. The van der Waals surface area contributed by atoms with E-state index in [1.165, 1.54) is 10.9 Å². The van der Waals surface area contributed by atoms with Gasteiger partial charge in [-0.1, -0.05) is 35.5 Å². The van der Waals surface area contributed by atoms with E-state index in [1.54, 1.807) is 24.3 Å². The molecule has 0 saturated heterocycles. The molecule has 5 nitrogen and oxygen atoms in total. The second-order valence-electron chi connectivity index (χ2n) is 3.29. The molecule has 1 N–H and O–H groups in total. The smallest absolute Gasteiger partial charge is 0.214 e. The van der Waals surface area contributed by atoms with Crippen LogP contribution in [0.1, 0.15) is 16.1 Å². The fraction of sp³-hybridized carbons (Fsp3) is 0.182. The number of carbonyl (C=O) groups excluding carboxylic acids is 1. The van der Waals surface area contributed by atoms with Crippen molar-refractivity contribution in [3.63, 3.8) is 0 Å². The third-order valence-electron chi connectivity index (χ3n) is 2.14. The number of aromatic nitrogens is 3. The van der Waals surface area contributed by atoms with Crippen LogP contribution in [0.25, 0.3) is 0 Å². The van der Waals surface area contributed by atoms with Gasteiger partial charge in [0.2, 0.25) is 5.78 Å². The van der Waals surface area contributed by atoms with Crippen LogP contribution in [-0.4, -0.2) is 32.5 Å². The molecule has 0 aliphatic rings. The van der Waals surface area contributed by atoms with Crippen molar-refractivity contribution in [2.75, 3.05) is 6.61 Å². The van der Waals surface area contributed by atoms with E-state index in [0.29, 0.717) is 17.8 Å². The normalized spacial score (nSPS) is 10.3. The second kappa shape index (κ2) is 4.67. The van der Waals surface area contributed by atoms with E-state index in [4.69, 9.17) is 5.11 Å². The Labute approximate surface area is 92.3 Å². The minimum Gasteiger partial charge on any atom is -0.394 e. The van der Waals surface area contributed by atoms with Gasteiger partial charge in [0, 0.05) is 5.56 Å². The van der Waals surface area contributed by atoms with Gasteiger partial charge in [0.25, 0.3) is 0 Å². The molecule has 0 amide bonds. The number of ketones is 1. The van der Waals surface area contributed by atoms with Crippen molar-refractivity contribution in [3.8, 4) is 0 Å². The van der Waals surface area contributed by atoms with Crippen molar-refractivity contribution in [2.24, 2.45) is 0 Å². The standard InChI is InChI=1S/C11H11N3O2/c15-7-6-14-8-10(12-13-14)11(16)9-4-2-1-3-5-9/h1-5,8,15H,6-7H2. The number of hydrogen-bond donors (Lipinski definition) is 1. The van der Waals surface area contributed by atoms with Crippen LogP contribution in [-0.2, 0) is 6.54 Å². The summed E-state index contributed by atoms with van der Waals surface area (Å²) in [5.41, 5.74) is 0.873. The molecule has 0 aliphatic carbocycles. The van der Waals surface area contributed by atoms with Crippen LogP contribution in [0, 0.1) is 0 Å². The van der Waals surface area contributed by atoms with Gasteiger partial charge in [0.05, 0.1) is 19.3 Å². The number of rotatable bonds is 4. The van der Waals surface area contributed by atoms with Crippen molar-refractivity contribution in [1.29, 1.82) is 0 Å². The summed E-state index contributed by atoms with van der Waals surface area (Å²) in [4.78, 5) is 11.9. The molecular weight excluding hydrogens is 206 g/mol. The Balaban J connectivity index is 2.21. The third-order valence-corrected chi connectivity index (χ3v) is 2.14. The third kappa shape index (κ3) is 2.14. The number of benzene rings is 1. The molecule has 0 aliphatic heterocycles. The predicted molar refractivity (Wildman–Crippen MR) is 57.0 cm³/mol. The Morgan fingerprint density at radius 2 is 2.06 bits per heavy atom. The monoisotopic (exact) mass is 217 g/mol. The highest BCUT2D eigenvalue weighted by atomic mass is 16.3. The zero-order chi connectivity index (χ0) is 11.4. The summed E-state index contributed by atoms with van der Waals surface area (Å²) in [6.07, 6.45) is 1.53. The minimum atomic E-state index is -0.162. The Hall–Kier alpha value is -2.01. The first-order valence-corrected chi connectivity index (χ1v) is 4.92. The van der Waals surface area contributed by atoms with Gasteiger partial charge in [-0.15, -0.1) is 5.10 Å². The zero-order valence-electron chi connectivity index (χ0n) is 8.58. The maximum absolute atomic E-state index is 11.9. The molecule has 1 heterocycles. The molecule has 82 valence electrons. The summed E-state index contributed by atoms with van der Waals surface area (Å²) in [7, 11) is 0. The maximum Gasteiger partial charge on any atom is 0.214 e. The van der Waals surface area contributed by atoms with Gasteiger partial charge in [-0.05, 0) is 0 Å². The van der Waals surface area contributed by atoms with Gasteiger partial charge in [0.1, 0.15) is 0 Å². The van der Waals surface area contributed by atoms with Crippen LogP contribution in [0.5, 0.6) is 0 Å². The molecule has 0 fully saturated rings. The Bertz CT molecular complexity index is 479. The van der Waals surface area contributed by atoms with Crippen molar-refractivity contribution in [2.45, 2.75) is 6.54 Å². The van der Waals surface area contributed by atoms with E-state index in [0.717, 1.165) is 0 Å². The van der Waals surface area contributed by atoms with E-state index in [1.807, 2.05) is 6.07 Å². The van der Waals surface area contributed by atoms with Gasteiger partial charge in [-0.3, -0.25) is 4.79 Å². The lowest BCUT2D eigenvalue weighted by Gasteiger charge is -1.95. The summed E-state index contributed by atoms with van der Waals surface area (Å²) < 4.78 is 1.44. The number of hydrogen-bond acceptors (Lipinski definition) is 4. The summed E-state index contributed by atoms with van der Waals surface area (Å²) in [5.74, 6) is -0.162. The topological polar surface area (TPSA) is 68.0 Å². The molecule has 2 aromatic rings. The highest BCUT2D eigenvalue weighted by molar-refractivity contribution is 6.07. The molecule has 5 heteroatoms. The lowest BCUT2D eigenvalue weighted by atomic mass is 10.1. The molecule has 0 saturated carbocycles. The molecule has 1 aromatic carbocycles. The Morgan fingerprint density at radius 1 is 1.31 bits per heavy atom. The first kappa shape index (κ1) is 10.5. The minimum absolute atomic E-state index is 0.0255. The predicted octanol–water partition coefficient (Wildman–Crippen LogP) is 0.501. The molecule has 0 unspecified atom stereocenters. The fourth-order valence-corrected chi connectivity index (χ4v) is 1.35. The van der Waals surface area contributed by atoms with Crippen LogP contribution >= 0.6 is 0 Å². The first-order valence-electron chi connectivity index (χ1n) is 4.92. The van der Waals surface area contributed by atoms with Crippen LogP contribution in [0.3, 0.4) is 0 Å². The zero-order valence-corrected chi connectivity index (χ0v) is 8.58. The van der Waals surface area contributed by atoms with Gasteiger partial charge in [-0.25, -0.2) is 4.68 Å². The molecule has 1 aromatic heterocycles. The van der Waals surface area contributed by atoms with Crippen LogP contribution in [0.15, 0.2) is 36.5 Å². The van der Waals surface area contributed by atoms with E-state index in [9.17, 15) is 4.79 Å². The number of aliphatic hydroxyl groups excluding tert-OH is 1. The molecule has 16 heavy (non-hydrogen) atoms. The molecule has 0 atom stereocenters. The number of carbonyl (C=O) groups is 1. The summed E-state index contributed by atoms with van der Waals surface area (Å²) in [6, 6.07) is 8.90. The lowest BCUT2D eigenvalue weighted by molar-refractivity contribution is 0.103. The van der Waals surface area contributed by atoms with Crippen molar-refractivity contribution >= 4 is 5.78 Å². The highest BCUT2D eigenvalue weighted by Crippen LogP contribution is 2.06. The van der Waals surface area contributed by atoms with Gasteiger partial charge in [-0.2, -0.15) is 0 Å². The Kier molecular flexibility index (Phi) is 3.07. The molecular formula is C11H11N3O2. The lowest BCUT2D eigenvalue weighted by Crippen LogP contribution is -2.03. The maximum atomic E-state index is 11.9. The number of nitrogens with zero attached hydrogens (tertiary/aromatic N) is 3. The summed E-state index contributed by atoms with van der Waals surface area (Å²) in [5, 5.41) is 16.2. The van der Waals surface area contributed by atoms with E-state index in [-0.39, 0.29) is 12.4 Å². The molecule has 0 spiro atoms.